The van der Waals surface area contributed by atoms with Gasteiger partial charge in [-0.05, 0) is 12.5 Å². The van der Waals surface area contributed by atoms with Crippen molar-refractivity contribution in [3.63, 3.8) is 0 Å². The fourth-order valence-corrected chi connectivity index (χ4v) is 3.20. The maximum Gasteiger partial charge on any atom is 0.280 e. The van der Waals surface area contributed by atoms with E-state index < -0.39 is 36.7 Å². The minimum Gasteiger partial charge on any atom is -0.394 e. The van der Waals surface area contributed by atoms with E-state index in [2.05, 4.69) is 20.3 Å². The van der Waals surface area contributed by atoms with E-state index in [1.165, 1.54) is 10.9 Å². The second-order valence-corrected chi connectivity index (χ2v) is 6.81. The normalized spacial score (nSPS) is 24.7. The van der Waals surface area contributed by atoms with E-state index in [1.54, 1.807) is 0 Å². The van der Waals surface area contributed by atoms with Gasteiger partial charge in [0.2, 0.25) is 5.95 Å². The largest absolute Gasteiger partial charge is 0.394 e. The molecule has 10 heteroatoms. The van der Waals surface area contributed by atoms with Crippen molar-refractivity contribution < 1.29 is 20.1 Å². The zero-order valence-corrected chi connectivity index (χ0v) is 15.1. The summed E-state index contributed by atoms with van der Waals surface area (Å²) in [6.07, 6.45) is -3.18. The SMILES string of the molecule is Cc1ccc(CNc2nc3c(ncn3C3OC(CO)C(O)C3O)c(=O)[nH]2)cc1. The third-order valence-corrected chi connectivity index (χ3v) is 4.80. The van der Waals surface area contributed by atoms with E-state index >= 15 is 0 Å². The number of fused-ring (bicyclic) bond motifs is 1. The standard InChI is InChI=1S/C18H21N5O5/c1-9-2-4-10(5-3-9)6-19-18-21-15-12(16(27)22-18)20-8-23(15)17-14(26)13(25)11(7-24)28-17/h2-5,8,11,13-14,17,24-26H,6-7H2,1H3,(H2,19,21,22,27). The summed E-state index contributed by atoms with van der Waals surface area (Å²) in [5.41, 5.74) is 2.01. The maximum atomic E-state index is 12.3. The van der Waals surface area contributed by atoms with E-state index in [9.17, 15) is 20.1 Å². The third kappa shape index (κ3) is 3.27. The summed E-state index contributed by atoms with van der Waals surface area (Å²) in [5.74, 6) is 0.242. The Balaban J connectivity index is 1.63. The number of hydrogen-bond acceptors (Lipinski definition) is 8. The van der Waals surface area contributed by atoms with Crippen molar-refractivity contribution in [2.24, 2.45) is 0 Å². The van der Waals surface area contributed by atoms with Crippen molar-refractivity contribution in [3.8, 4) is 0 Å². The highest BCUT2D eigenvalue weighted by molar-refractivity contribution is 5.71. The van der Waals surface area contributed by atoms with Crippen molar-refractivity contribution in [3.05, 3.63) is 52.1 Å². The van der Waals surface area contributed by atoms with Crippen LogP contribution in [0.2, 0.25) is 0 Å². The molecular formula is C18H21N5O5. The molecule has 1 aromatic carbocycles. The van der Waals surface area contributed by atoms with Crippen LogP contribution >= 0.6 is 0 Å². The molecule has 1 aliphatic heterocycles. The molecule has 0 aliphatic carbocycles. The molecule has 10 nitrogen and oxygen atoms in total. The number of aromatic nitrogens is 4. The molecule has 3 heterocycles. The number of aliphatic hydroxyl groups is 3. The van der Waals surface area contributed by atoms with Crippen LogP contribution in [0.25, 0.3) is 11.2 Å². The number of H-pyrrole nitrogens is 1. The number of nitrogens with zero attached hydrogens (tertiary/aromatic N) is 3. The third-order valence-electron chi connectivity index (χ3n) is 4.80. The lowest BCUT2D eigenvalue weighted by Gasteiger charge is -2.16. The number of imidazole rings is 1. The van der Waals surface area contributed by atoms with Gasteiger partial charge < -0.3 is 25.4 Å². The average Bonchev–Trinajstić information content (AvgIpc) is 3.23. The minimum atomic E-state index is -1.29. The number of ether oxygens (including phenoxy) is 1. The molecule has 0 amide bonds. The molecule has 0 saturated carbocycles. The van der Waals surface area contributed by atoms with E-state index in [0.717, 1.165) is 11.1 Å². The first-order valence-corrected chi connectivity index (χ1v) is 8.86. The monoisotopic (exact) mass is 387 g/mol. The molecule has 5 N–H and O–H groups in total. The van der Waals surface area contributed by atoms with Gasteiger partial charge in [0.1, 0.15) is 18.3 Å². The van der Waals surface area contributed by atoms with Crippen LogP contribution < -0.4 is 10.9 Å². The minimum absolute atomic E-state index is 0.0821. The fraction of sp³-hybridized carbons (Fsp3) is 0.389. The number of nitrogens with one attached hydrogen (secondary N) is 2. The van der Waals surface area contributed by atoms with Gasteiger partial charge in [0.25, 0.3) is 5.56 Å². The van der Waals surface area contributed by atoms with Gasteiger partial charge in [-0.25, -0.2) is 4.98 Å². The Hall–Kier alpha value is -2.79. The first kappa shape index (κ1) is 18.6. The molecule has 1 aliphatic rings. The molecule has 1 fully saturated rings. The molecule has 2 aromatic heterocycles. The van der Waals surface area contributed by atoms with E-state index in [0.29, 0.717) is 6.54 Å². The second kappa shape index (κ2) is 7.32. The molecule has 4 unspecified atom stereocenters. The molecule has 3 aromatic rings. The summed E-state index contributed by atoms with van der Waals surface area (Å²) >= 11 is 0. The lowest BCUT2D eigenvalue weighted by Crippen LogP contribution is -2.33. The predicted octanol–water partition coefficient (Wildman–Crippen LogP) is -0.348. The molecule has 4 atom stereocenters. The summed E-state index contributed by atoms with van der Waals surface area (Å²) in [5, 5.41) is 32.5. The molecule has 0 bridgehead atoms. The Morgan fingerprint density at radius 1 is 1.25 bits per heavy atom. The van der Waals surface area contributed by atoms with Gasteiger partial charge in [0, 0.05) is 6.54 Å². The van der Waals surface area contributed by atoms with Crippen LogP contribution in [0, 0.1) is 6.92 Å². The number of anilines is 1. The van der Waals surface area contributed by atoms with Gasteiger partial charge in [-0.15, -0.1) is 0 Å². The summed E-state index contributed by atoms with van der Waals surface area (Å²) < 4.78 is 6.89. The summed E-state index contributed by atoms with van der Waals surface area (Å²) in [4.78, 5) is 23.4. The number of aromatic amines is 1. The van der Waals surface area contributed by atoms with Crippen LogP contribution in [-0.4, -0.2) is 59.8 Å². The number of benzene rings is 1. The smallest absolute Gasteiger partial charge is 0.280 e. The molecule has 148 valence electrons. The highest BCUT2D eigenvalue weighted by atomic mass is 16.6. The Morgan fingerprint density at radius 3 is 2.68 bits per heavy atom. The molecule has 28 heavy (non-hydrogen) atoms. The Labute approximate surface area is 159 Å². The first-order chi connectivity index (χ1) is 13.5. The van der Waals surface area contributed by atoms with Gasteiger partial charge in [-0.2, -0.15) is 4.98 Å². The van der Waals surface area contributed by atoms with E-state index in [-0.39, 0.29) is 17.1 Å². The van der Waals surface area contributed by atoms with Crippen LogP contribution in [0.1, 0.15) is 17.4 Å². The van der Waals surface area contributed by atoms with Crippen molar-refractivity contribution in [1.82, 2.24) is 19.5 Å². The van der Waals surface area contributed by atoms with Crippen LogP contribution in [0.5, 0.6) is 0 Å². The number of hydrogen-bond donors (Lipinski definition) is 5. The summed E-state index contributed by atoms with van der Waals surface area (Å²) in [6.45, 7) is 2.01. The zero-order chi connectivity index (χ0) is 19.8. The zero-order valence-electron chi connectivity index (χ0n) is 15.1. The maximum absolute atomic E-state index is 12.3. The first-order valence-electron chi connectivity index (χ1n) is 8.86. The predicted molar refractivity (Wildman–Crippen MR) is 99.7 cm³/mol. The highest BCUT2D eigenvalue weighted by Gasteiger charge is 2.44. The van der Waals surface area contributed by atoms with Crippen molar-refractivity contribution in [2.75, 3.05) is 11.9 Å². The molecular weight excluding hydrogens is 366 g/mol. The molecule has 0 radical (unpaired) electrons. The lowest BCUT2D eigenvalue weighted by molar-refractivity contribution is -0.0511. The fourth-order valence-electron chi connectivity index (χ4n) is 3.20. The lowest BCUT2D eigenvalue weighted by atomic mass is 10.1. The van der Waals surface area contributed by atoms with Crippen LogP contribution in [0.4, 0.5) is 5.95 Å². The summed E-state index contributed by atoms with van der Waals surface area (Å²) in [6, 6.07) is 7.94. The van der Waals surface area contributed by atoms with Crippen molar-refractivity contribution >= 4 is 17.1 Å². The van der Waals surface area contributed by atoms with Crippen molar-refractivity contribution in [1.29, 1.82) is 0 Å². The van der Waals surface area contributed by atoms with Gasteiger partial charge in [-0.3, -0.25) is 14.3 Å². The van der Waals surface area contributed by atoms with Crippen LogP contribution in [-0.2, 0) is 11.3 Å². The van der Waals surface area contributed by atoms with Crippen molar-refractivity contribution in [2.45, 2.75) is 38.0 Å². The van der Waals surface area contributed by atoms with Crippen LogP contribution in [0.15, 0.2) is 35.4 Å². The molecule has 0 spiro atoms. The number of rotatable bonds is 5. The Bertz CT molecular complexity index is 1030. The van der Waals surface area contributed by atoms with Gasteiger partial charge in [0.15, 0.2) is 17.4 Å². The van der Waals surface area contributed by atoms with Crippen LogP contribution in [0.3, 0.4) is 0 Å². The topological polar surface area (TPSA) is 146 Å². The highest BCUT2D eigenvalue weighted by Crippen LogP contribution is 2.30. The number of aryl methyl sites for hydroxylation is 1. The average molecular weight is 387 g/mol. The second-order valence-electron chi connectivity index (χ2n) is 6.81. The van der Waals surface area contributed by atoms with E-state index in [1.807, 2.05) is 31.2 Å². The Morgan fingerprint density at radius 2 is 2.00 bits per heavy atom. The summed E-state index contributed by atoms with van der Waals surface area (Å²) in [7, 11) is 0. The Kier molecular flexibility index (Phi) is 4.85. The number of aliphatic hydroxyl groups excluding tert-OH is 3. The quantitative estimate of drug-likeness (QED) is 0.399. The van der Waals surface area contributed by atoms with Gasteiger partial charge in [0.05, 0.1) is 12.9 Å². The molecule has 1 saturated heterocycles. The van der Waals surface area contributed by atoms with E-state index in [4.69, 9.17) is 4.74 Å². The van der Waals surface area contributed by atoms with Gasteiger partial charge >= 0.3 is 0 Å². The molecule has 4 rings (SSSR count). The van der Waals surface area contributed by atoms with Gasteiger partial charge in [-0.1, -0.05) is 29.8 Å².